The van der Waals surface area contributed by atoms with Crippen LogP contribution in [0.5, 0.6) is 0 Å². The molecule has 3 aromatic carbocycles. The first-order valence-corrected chi connectivity index (χ1v) is 12.7. The zero-order valence-electron chi connectivity index (χ0n) is 18.8. The average molecular weight is 464 g/mol. The van der Waals surface area contributed by atoms with Gasteiger partial charge in [-0.2, -0.15) is 0 Å². The van der Waals surface area contributed by atoms with Gasteiger partial charge >= 0.3 is 0 Å². The molecule has 6 nitrogen and oxygen atoms in total. The second-order valence-corrected chi connectivity index (χ2v) is 10.1. The quantitative estimate of drug-likeness (QED) is 0.521. The summed E-state index contributed by atoms with van der Waals surface area (Å²) in [6.07, 6.45) is 2.55. The second kappa shape index (κ2) is 10.2. The summed E-state index contributed by atoms with van der Waals surface area (Å²) in [5.74, 6) is -0.241. The molecule has 0 atom stereocenters. The van der Waals surface area contributed by atoms with Gasteiger partial charge in [0.2, 0.25) is 0 Å². The van der Waals surface area contributed by atoms with Crippen LogP contribution in [0.4, 0.5) is 5.69 Å². The van der Waals surface area contributed by atoms with E-state index in [0.29, 0.717) is 23.4 Å². The van der Waals surface area contributed by atoms with Crippen molar-refractivity contribution in [2.24, 2.45) is 0 Å². The van der Waals surface area contributed by atoms with Crippen molar-refractivity contribution in [2.45, 2.75) is 37.8 Å². The van der Waals surface area contributed by atoms with E-state index in [-0.39, 0.29) is 10.8 Å². The van der Waals surface area contributed by atoms with E-state index < -0.39 is 10.0 Å². The highest BCUT2D eigenvalue weighted by atomic mass is 32.2. The zero-order chi connectivity index (χ0) is 23.3. The predicted molar refractivity (Wildman–Crippen MR) is 131 cm³/mol. The van der Waals surface area contributed by atoms with Crippen LogP contribution in [0.2, 0.25) is 0 Å². The third-order valence-corrected chi connectivity index (χ3v) is 7.34. The molecule has 0 bridgehead atoms. The van der Waals surface area contributed by atoms with Gasteiger partial charge in [-0.25, -0.2) is 8.42 Å². The molecule has 0 spiro atoms. The summed E-state index contributed by atoms with van der Waals surface area (Å²) in [5, 5.41) is 2.94. The molecule has 1 heterocycles. The summed E-state index contributed by atoms with van der Waals surface area (Å²) >= 11 is 0. The SMILES string of the molecule is Cc1c(NS(=O)(=O)c2ccccc2)cccc1C(=O)NCc1ccc(CN2CCCC2)cc1. The normalized spacial score (nSPS) is 14.2. The maximum absolute atomic E-state index is 12.8. The topological polar surface area (TPSA) is 78.5 Å². The van der Waals surface area contributed by atoms with E-state index in [4.69, 9.17) is 0 Å². The first-order chi connectivity index (χ1) is 15.9. The van der Waals surface area contributed by atoms with Crippen LogP contribution in [-0.2, 0) is 23.1 Å². The highest BCUT2D eigenvalue weighted by Crippen LogP contribution is 2.23. The monoisotopic (exact) mass is 463 g/mol. The van der Waals surface area contributed by atoms with Gasteiger partial charge in [0.25, 0.3) is 15.9 Å². The van der Waals surface area contributed by atoms with E-state index in [1.54, 1.807) is 43.3 Å². The van der Waals surface area contributed by atoms with Gasteiger partial charge in [0.1, 0.15) is 0 Å². The number of sulfonamides is 1. The molecule has 1 saturated heterocycles. The second-order valence-electron chi connectivity index (χ2n) is 8.38. The average Bonchev–Trinajstić information content (AvgIpc) is 3.33. The van der Waals surface area contributed by atoms with E-state index in [9.17, 15) is 13.2 Å². The lowest BCUT2D eigenvalue weighted by molar-refractivity contribution is 0.0950. The summed E-state index contributed by atoms with van der Waals surface area (Å²) in [5.41, 5.74) is 3.70. The number of rotatable bonds is 8. The smallest absolute Gasteiger partial charge is 0.261 e. The number of carbonyl (C=O) groups is 1. The van der Waals surface area contributed by atoms with Crippen LogP contribution in [0, 0.1) is 6.92 Å². The van der Waals surface area contributed by atoms with Gasteiger partial charge in [0, 0.05) is 18.7 Å². The zero-order valence-corrected chi connectivity index (χ0v) is 19.6. The Morgan fingerprint density at radius 2 is 1.55 bits per heavy atom. The molecular weight excluding hydrogens is 434 g/mol. The molecular formula is C26H29N3O3S. The van der Waals surface area contributed by atoms with Crippen LogP contribution in [0.25, 0.3) is 0 Å². The van der Waals surface area contributed by atoms with Gasteiger partial charge in [0.15, 0.2) is 0 Å². The summed E-state index contributed by atoms with van der Waals surface area (Å²) in [6, 6.07) is 21.5. The van der Waals surface area contributed by atoms with E-state index in [0.717, 1.165) is 25.2 Å². The largest absolute Gasteiger partial charge is 0.348 e. The third-order valence-electron chi connectivity index (χ3n) is 5.96. The maximum Gasteiger partial charge on any atom is 0.261 e. The molecule has 1 aliphatic heterocycles. The van der Waals surface area contributed by atoms with Crippen molar-refractivity contribution >= 4 is 21.6 Å². The number of likely N-dealkylation sites (tertiary alicyclic amines) is 1. The number of nitrogens with one attached hydrogen (secondary N) is 2. The molecule has 0 saturated carbocycles. The Labute approximate surface area is 195 Å². The fourth-order valence-corrected chi connectivity index (χ4v) is 5.18. The minimum absolute atomic E-state index is 0.174. The van der Waals surface area contributed by atoms with E-state index in [1.807, 2.05) is 12.1 Å². The molecule has 172 valence electrons. The number of amides is 1. The Balaban J connectivity index is 1.39. The number of anilines is 1. The molecule has 0 radical (unpaired) electrons. The van der Waals surface area contributed by atoms with Gasteiger partial charge < -0.3 is 5.32 Å². The Bertz CT molecular complexity index is 1200. The van der Waals surface area contributed by atoms with Crippen molar-refractivity contribution in [2.75, 3.05) is 17.8 Å². The van der Waals surface area contributed by atoms with Crippen molar-refractivity contribution in [3.05, 3.63) is 95.1 Å². The molecule has 3 aromatic rings. The van der Waals surface area contributed by atoms with E-state index >= 15 is 0 Å². The fourth-order valence-electron chi connectivity index (χ4n) is 4.03. The molecule has 0 aromatic heterocycles. The molecule has 1 fully saturated rings. The number of hydrogen-bond donors (Lipinski definition) is 2. The van der Waals surface area contributed by atoms with Crippen molar-refractivity contribution in [3.63, 3.8) is 0 Å². The molecule has 2 N–H and O–H groups in total. The number of hydrogen-bond acceptors (Lipinski definition) is 4. The fraction of sp³-hybridized carbons (Fsp3) is 0.269. The molecule has 0 unspecified atom stereocenters. The predicted octanol–water partition coefficient (Wildman–Crippen LogP) is 4.32. The van der Waals surface area contributed by atoms with Crippen molar-refractivity contribution in [1.29, 1.82) is 0 Å². The highest BCUT2D eigenvalue weighted by molar-refractivity contribution is 7.92. The minimum Gasteiger partial charge on any atom is -0.348 e. The Kier molecular flexibility index (Phi) is 7.11. The molecule has 4 rings (SSSR count). The Morgan fingerprint density at radius 3 is 2.24 bits per heavy atom. The molecule has 0 aliphatic carbocycles. The van der Waals surface area contributed by atoms with Gasteiger partial charge in [-0.15, -0.1) is 0 Å². The first kappa shape index (κ1) is 23.0. The lowest BCUT2D eigenvalue weighted by Crippen LogP contribution is -2.24. The standard InChI is InChI=1S/C26H29N3O3S/c1-20-24(10-7-11-25(20)28-33(31,32)23-8-3-2-4-9-23)26(30)27-18-21-12-14-22(15-13-21)19-29-16-5-6-17-29/h2-4,7-15,28H,5-6,16-19H2,1H3,(H,27,30). The maximum atomic E-state index is 12.8. The van der Waals surface area contributed by atoms with Gasteiger partial charge in [-0.05, 0) is 73.8 Å². The molecule has 1 aliphatic rings. The molecule has 1 amide bonds. The lowest BCUT2D eigenvalue weighted by atomic mass is 10.1. The Morgan fingerprint density at radius 1 is 0.879 bits per heavy atom. The first-order valence-electron chi connectivity index (χ1n) is 11.2. The Hall–Kier alpha value is -3.16. The molecule has 7 heteroatoms. The van der Waals surface area contributed by atoms with E-state index in [2.05, 4.69) is 27.1 Å². The van der Waals surface area contributed by atoms with Crippen LogP contribution >= 0.6 is 0 Å². The summed E-state index contributed by atoms with van der Waals surface area (Å²) in [6.45, 7) is 5.44. The number of nitrogens with zero attached hydrogens (tertiary/aromatic N) is 1. The van der Waals surface area contributed by atoms with Gasteiger partial charge in [-0.3, -0.25) is 14.4 Å². The summed E-state index contributed by atoms with van der Waals surface area (Å²) in [4.78, 5) is 15.5. The van der Waals surface area contributed by atoms with Crippen molar-refractivity contribution < 1.29 is 13.2 Å². The van der Waals surface area contributed by atoms with Gasteiger partial charge in [-0.1, -0.05) is 48.5 Å². The number of benzene rings is 3. The van der Waals surface area contributed by atoms with Crippen molar-refractivity contribution in [3.8, 4) is 0 Å². The van der Waals surface area contributed by atoms with Crippen LogP contribution in [0.1, 0.15) is 39.9 Å². The number of carbonyl (C=O) groups excluding carboxylic acids is 1. The van der Waals surface area contributed by atoms with Crippen LogP contribution in [0.15, 0.2) is 77.7 Å². The van der Waals surface area contributed by atoms with E-state index in [1.165, 1.54) is 30.5 Å². The minimum atomic E-state index is -3.73. The summed E-state index contributed by atoms with van der Waals surface area (Å²) in [7, 11) is -3.73. The lowest BCUT2D eigenvalue weighted by Gasteiger charge is -2.15. The van der Waals surface area contributed by atoms with Crippen LogP contribution < -0.4 is 10.0 Å². The van der Waals surface area contributed by atoms with Crippen LogP contribution in [-0.4, -0.2) is 32.3 Å². The summed E-state index contributed by atoms with van der Waals surface area (Å²) < 4.78 is 27.9. The van der Waals surface area contributed by atoms with Crippen LogP contribution in [0.3, 0.4) is 0 Å². The molecule has 33 heavy (non-hydrogen) atoms. The van der Waals surface area contributed by atoms with Gasteiger partial charge in [0.05, 0.1) is 10.6 Å². The van der Waals surface area contributed by atoms with Crippen molar-refractivity contribution in [1.82, 2.24) is 10.2 Å². The highest BCUT2D eigenvalue weighted by Gasteiger charge is 2.18. The third kappa shape index (κ3) is 5.80.